The van der Waals surface area contributed by atoms with Crippen molar-refractivity contribution in [2.24, 2.45) is 0 Å². The van der Waals surface area contributed by atoms with E-state index in [9.17, 15) is 13.6 Å². The Kier molecular flexibility index (Phi) is 3.70. The molecule has 0 aliphatic carbocycles. The fraction of sp³-hybridized carbons (Fsp3) is 0.333. The molecule has 0 radical (unpaired) electrons. The lowest BCUT2D eigenvalue weighted by Crippen LogP contribution is -2.19. The molecule has 20 heavy (non-hydrogen) atoms. The SMILES string of the molecule is CC(C)(C)c1cc(=O)[nH]c(-c2cccc(C(F)F)c2)n1. The van der Waals surface area contributed by atoms with Crippen LogP contribution < -0.4 is 5.56 Å². The molecule has 1 aromatic heterocycles. The van der Waals surface area contributed by atoms with Crippen molar-refractivity contribution in [3.8, 4) is 11.4 Å². The average molecular weight is 278 g/mol. The highest BCUT2D eigenvalue weighted by molar-refractivity contribution is 5.56. The zero-order valence-corrected chi connectivity index (χ0v) is 11.6. The molecule has 3 nitrogen and oxygen atoms in total. The third-order valence-electron chi connectivity index (χ3n) is 2.92. The predicted molar refractivity (Wildman–Crippen MR) is 74.0 cm³/mol. The lowest BCUT2D eigenvalue weighted by Gasteiger charge is -2.18. The van der Waals surface area contributed by atoms with Gasteiger partial charge in [-0.15, -0.1) is 0 Å². The molecule has 0 saturated heterocycles. The standard InChI is InChI=1S/C15H16F2N2O/c1-15(2,3)11-8-12(20)19-14(18-11)10-6-4-5-9(7-10)13(16)17/h4-8,13H,1-3H3,(H,18,19,20). The Labute approximate surface area is 115 Å². The number of hydrogen-bond donors (Lipinski definition) is 1. The molecule has 0 saturated carbocycles. The second-order valence-corrected chi connectivity index (χ2v) is 5.66. The largest absolute Gasteiger partial charge is 0.307 e. The first-order valence-electron chi connectivity index (χ1n) is 6.28. The van der Waals surface area contributed by atoms with E-state index in [4.69, 9.17) is 0 Å². The molecule has 0 unspecified atom stereocenters. The molecule has 1 aromatic carbocycles. The van der Waals surface area contributed by atoms with Gasteiger partial charge in [0, 0.05) is 22.6 Å². The van der Waals surface area contributed by atoms with Gasteiger partial charge in [-0.05, 0) is 6.07 Å². The number of halogens is 2. The van der Waals surface area contributed by atoms with Crippen molar-refractivity contribution in [3.63, 3.8) is 0 Å². The van der Waals surface area contributed by atoms with Crippen LogP contribution in [0.2, 0.25) is 0 Å². The van der Waals surface area contributed by atoms with Crippen molar-refractivity contribution in [2.75, 3.05) is 0 Å². The second-order valence-electron chi connectivity index (χ2n) is 5.66. The van der Waals surface area contributed by atoms with E-state index in [1.54, 1.807) is 6.07 Å². The number of hydrogen-bond acceptors (Lipinski definition) is 2. The normalized spacial score (nSPS) is 11.9. The number of H-pyrrole nitrogens is 1. The van der Waals surface area contributed by atoms with E-state index in [0.29, 0.717) is 17.1 Å². The Bertz CT molecular complexity index is 672. The van der Waals surface area contributed by atoms with Gasteiger partial charge in [-0.2, -0.15) is 0 Å². The number of nitrogens with one attached hydrogen (secondary N) is 1. The Morgan fingerprint density at radius 1 is 1.20 bits per heavy atom. The first-order chi connectivity index (χ1) is 9.27. The van der Waals surface area contributed by atoms with Gasteiger partial charge in [0.1, 0.15) is 5.82 Å². The van der Waals surface area contributed by atoms with E-state index in [1.807, 2.05) is 20.8 Å². The summed E-state index contributed by atoms with van der Waals surface area (Å²) in [7, 11) is 0. The van der Waals surface area contributed by atoms with Gasteiger partial charge >= 0.3 is 0 Å². The van der Waals surface area contributed by atoms with Crippen LogP contribution >= 0.6 is 0 Å². The molecule has 0 amide bonds. The van der Waals surface area contributed by atoms with E-state index >= 15 is 0 Å². The monoisotopic (exact) mass is 278 g/mol. The van der Waals surface area contributed by atoms with Crippen molar-refractivity contribution in [3.05, 3.63) is 51.9 Å². The minimum Gasteiger partial charge on any atom is -0.307 e. The summed E-state index contributed by atoms with van der Waals surface area (Å²) in [5.74, 6) is 0.310. The number of nitrogens with zero attached hydrogens (tertiary/aromatic N) is 1. The second kappa shape index (κ2) is 5.15. The first-order valence-corrected chi connectivity index (χ1v) is 6.28. The lowest BCUT2D eigenvalue weighted by molar-refractivity contribution is 0.151. The first kappa shape index (κ1) is 14.4. The molecule has 0 aliphatic heterocycles. The molecule has 0 spiro atoms. The molecule has 1 N–H and O–H groups in total. The number of aromatic amines is 1. The van der Waals surface area contributed by atoms with Gasteiger partial charge in [-0.1, -0.05) is 39.0 Å². The molecule has 2 aromatic rings. The molecular weight excluding hydrogens is 262 g/mol. The molecule has 106 valence electrons. The van der Waals surface area contributed by atoms with Crippen molar-refractivity contribution < 1.29 is 8.78 Å². The van der Waals surface area contributed by atoms with Crippen LogP contribution in [-0.2, 0) is 5.41 Å². The van der Waals surface area contributed by atoms with E-state index < -0.39 is 6.43 Å². The zero-order chi connectivity index (χ0) is 14.9. The summed E-state index contributed by atoms with van der Waals surface area (Å²) >= 11 is 0. The Morgan fingerprint density at radius 3 is 2.50 bits per heavy atom. The highest BCUT2D eigenvalue weighted by atomic mass is 19.3. The predicted octanol–water partition coefficient (Wildman–Crippen LogP) is 3.67. The minimum absolute atomic E-state index is 0.0914. The Morgan fingerprint density at radius 2 is 1.90 bits per heavy atom. The van der Waals surface area contributed by atoms with Crippen LogP contribution in [0.15, 0.2) is 35.1 Å². The van der Waals surface area contributed by atoms with Crippen LogP contribution in [0.25, 0.3) is 11.4 Å². The Hall–Kier alpha value is -2.04. The Balaban J connectivity index is 2.56. The quantitative estimate of drug-likeness (QED) is 0.911. The highest BCUT2D eigenvalue weighted by Gasteiger charge is 2.18. The summed E-state index contributed by atoms with van der Waals surface area (Å²) in [4.78, 5) is 18.7. The number of benzene rings is 1. The van der Waals surface area contributed by atoms with Crippen LogP contribution in [-0.4, -0.2) is 9.97 Å². The summed E-state index contributed by atoms with van der Waals surface area (Å²) in [5, 5.41) is 0. The summed E-state index contributed by atoms with van der Waals surface area (Å²) in [6, 6.07) is 7.30. The molecule has 0 atom stereocenters. The number of aromatic nitrogens is 2. The smallest absolute Gasteiger partial charge is 0.263 e. The number of alkyl halides is 2. The zero-order valence-electron chi connectivity index (χ0n) is 11.6. The van der Waals surface area contributed by atoms with Crippen LogP contribution in [0.5, 0.6) is 0 Å². The summed E-state index contributed by atoms with van der Waals surface area (Å²) in [5.41, 5.74) is 0.432. The fourth-order valence-corrected chi connectivity index (χ4v) is 1.80. The maximum Gasteiger partial charge on any atom is 0.263 e. The fourth-order valence-electron chi connectivity index (χ4n) is 1.80. The van der Waals surface area contributed by atoms with Gasteiger partial charge < -0.3 is 4.98 Å². The van der Waals surface area contributed by atoms with Gasteiger partial charge in [0.2, 0.25) is 0 Å². The van der Waals surface area contributed by atoms with E-state index in [1.165, 1.54) is 24.3 Å². The lowest BCUT2D eigenvalue weighted by atomic mass is 9.92. The topological polar surface area (TPSA) is 45.8 Å². The van der Waals surface area contributed by atoms with Gasteiger partial charge in [0.05, 0.1) is 5.69 Å². The minimum atomic E-state index is -2.55. The van der Waals surface area contributed by atoms with E-state index in [-0.39, 0.29) is 16.5 Å². The summed E-state index contributed by atoms with van der Waals surface area (Å²) < 4.78 is 25.4. The third kappa shape index (κ3) is 3.10. The average Bonchev–Trinajstić information content (AvgIpc) is 2.37. The van der Waals surface area contributed by atoms with Crippen molar-refractivity contribution in [1.29, 1.82) is 0 Å². The van der Waals surface area contributed by atoms with Gasteiger partial charge in [0.15, 0.2) is 0 Å². The molecule has 5 heteroatoms. The van der Waals surface area contributed by atoms with Crippen molar-refractivity contribution in [1.82, 2.24) is 9.97 Å². The maximum atomic E-state index is 12.7. The molecule has 1 heterocycles. The van der Waals surface area contributed by atoms with Crippen LogP contribution in [0.4, 0.5) is 8.78 Å². The van der Waals surface area contributed by atoms with E-state index in [2.05, 4.69) is 9.97 Å². The summed E-state index contributed by atoms with van der Waals surface area (Å²) in [6.45, 7) is 5.82. The van der Waals surface area contributed by atoms with Crippen LogP contribution in [0.3, 0.4) is 0 Å². The highest BCUT2D eigenvalue weighted by Crippen LogP contribution is 2.25. The van der Waals surface area contributed by atoms with Gasteiger partial charge in [0.25, 0.3) is 12.0 Å². The molecular formula is C15H16F2N2O. The van der Waals surface area contributed by atoms with Crippen molar-refractivity contribution >= 4 is 0 Å². The van der Waals surface area contributed by atoms with Gasteiger partial charge in [-0.3, -0.25) is 4.79 Å². The van der Waals surface area contributed by atoms with Crippen LogP contribution in [0.1, 0.15) is 38.5 Å². The molecule has 0 fully saturated rings. The summed E-state index contributed by atoms with van der Waals surface area (Å²) in [6.07, 6.45) is -2.55. The van der Waals surface area contributed by atoms with E-state index in [0.717, 1.165) is 0 Å². The molecule has 0 aliphatic rings. The number of rotatable bonds is 2. The third-order valence-corrected chi connectivity index (χ3v) is 2.92. The molecule has 0 bridgehead atoms. The van der Waals surface area contributed by atoms with Gasteiger partial charge in [-0.25, -0.2) is 13.8 Å². The van der Waals surface area contributed by atoms with Crippen molar-refractivity contribution in [2.45, 2.75) is 32.6 Å². The molecule has 2 rings (SSSR count). The van der Waals surface area contributed by atoms with Crippen LogP contribution in [0, 0.1) is 0 Å². The maximum absolute atomic E-state index is 12.7.